The van der Waals surface area contributed by atoms with Gasteiger partial charge in [0.2, 0.25) is 0 Å². The summed E-state index contributed by atoms with van der Waals surface area (Å²) in [6, 6.07) is 0. The maximum absolute atomic E-state index is 12.6. The Bertz CT molecular complexity index is 374. The Balaban J connectivity index is 4.14. The highest BCUT2D eigenvalue weighted by Gasteiger charge is 2.45. The van der Waals surface area contributed by atoms with Crippen LogP contribution in [0.25, 0.3) is 0 Å². The molecule has 0 saturated carbocycles. The average molecular weight is 433 g/mol. The maximum Gasteiger partial charge on any atom is 0.323 e. The summed E-state index contributed by atoms with van der Waals surface area (Å²) < 4.78 is 10.9. The Morgan fingerprint density at radius 3 is 1.38 bits per heavy atom. The van der Waals surface area contributed by atoms with Crippen molar-refractivity contribution in [2.24, 2.45) is 5.41 Å². The molecule has 0 saturated heterocycles. The molecule has 0 fully saturated rings. The number of alkyl halides is 1. The Hall–Kier alpha value is -0.770. The van der Waals surface area contributed by atoms with Crippen LogP contribution in [-0.4, -0.2) is 31.0 Å². The third kappa shape index (κ3) is 12.5. The largest absolute Gasteiger partial charge is 0.465 e. The molecule has 0 aromatic rings. The first kappa shape index (κ1) is 28.2. The van der Waals surface area contributed by atoms with Gasteiger partial charge in [0, 0.05) is 5.88 Å². The maximum atomic E-state index is 12.6. The van der Waals surface area contributed by atoms with Gasteiger partial charge < -0.3 is 9.47 Å². The predicted octanol–water partition coefficient (Wildman–Crippen LogP) is 7.21. The molecule has 0 aliphatic carbocycles. The molecular weight excluding hydrogens is 388 g/mol. The number of carbonyl (C=O) groups excluding carboxylic acids is 2. The van der Waals surface area contributed by atoms with Gasteiger partial charge in [-0.2, -0.15) is 0 Å². The summed E-state index contributed by atoms with van der Waals surface area (Å²) >= 11 is 5.67. The third-order valence-electron chi connectivity index (χ3n) is 5.73. The molecule has 4 nitrogen and oxygen atoms in total. The van der Waals surface area contributed by atoms with E-state index in [0.717, 1.165) is 50.8 Å². The van der Waals surface area contributed by atoms with Gasteiger partial charge >= 0.3 is 11.9 Å². The molecule has 172 valence electrons. The van der Waals surface area contributed by atoms with Crippen LogP contribution in [0, 0.1) is 5.41 Å². The number of carbonyl (C=O) groups is 2. The van der Waals surface area contributed by atoms with Gasteiger partial charge in [-0.25, -0.2) is 0 Å². The zero-order valence-corrected chi connectivity index (χ0v) is 20.0. The number of hydrogen-bond donors (Lipinski definition) is 0. The molecule has 0 aliphatic rings. The highest BCUT2D eigenvalue weighted by atomic mass is 35.5. The van der Waals surface area contributed by atoms with E-state index in [2.05, 4.69) is 6.92 Å². The molecule has 0 radical (unpaired) electrons. The van der Waals surface area contributed by atoms with Crippen LogP contribution in [0.4, 0.5) is 0 Å². The van der Waals surface area contributed by atoms with E-state index in [0.29, 0.717) is 26.1 Å². The number of esters is 2. The second-order valence-electron chi connectivity index (χ2n) is 7.99. The van der Waals surface area contributed by atoms with Crippen LogP contribution >= 0.6 is 11.6 Å². The van der Waals surface area contributed by atoms with E-state index < -0.39 is 17.4 Å². The first-order valence-corrected chi connectivity index (χ1v) is 12.5. The fourth-order valence-corrected chi connectivity index (χ4v) is 3.67. The van der Waals surface area contributed by atoms with Crippen molar-refractivity contribution in [3.8, 4) is 0 Å². The summed E-state index contributed by atoms with van der Waals surface area (Å²) in [6.45, 7) is 6.70. The summed E-state index contributed by atoms with van der Waals surface area (Å²) in [6.07, 6.45) is 15.4. The smallest absolute Gasteiger partial charge is 0.323 e. The minimum Gasteiger partial charge on any atom is -0.465 e. The molecule has 0 rings (SSSR count). The first-order chi connectivity index (χ1) is 14.1. The fraction of sp³-hybridized carbons (Fsp3) is 0.917. The van der Waals surface area contributed by atoms with Gasteiger partial charge in [-0.15, -0.1) is 11.6 Å². The van der Waals surface area contributed by atoms with Gasteiger partial charge in [-0.05, 0) is 32.1 Å². The lowest BCUT2D eigenvalue weighted by Crippen LogP contribution is -2.41. The molecule has 0 unspecified atom stereocenters. The second kappa shape index (κ2) is 19.2. The van der Waals surface area contributed by atoms with Gasteiger partial charge in [0.15, 0.2) is 5.41 Å². The van der Waals surface area contributed by atoms with E-state index in [4.69, 9.17) is 21.1 Å². The zero-order valence-electron chi connectivity index (χ0n) is 19.2. The van der Waals surface area contributed by atoms with Crippen molar-refractivity contribution in [3.05, 3.63) is 0 Å². The summed E-state index contributed by atoms with van der Waals surface area (Å²) in [4.78, 5) is 25.3. The highest BCUT2D eigenvalue weighted by Crippen LogP contribution is 2.30. The highest BCUT2D eigenvalue weighted by molar-refractivity contribution is 6.17. The Labute approximate surface area is 184 Å². The lowest BCUT2D eigenvalue weighted by atomic mass is 9.82. The summed E-state index contributed by atoms with van der Waals surface area (Å²) in [5.74, 6) is -0.114. The number of ether oxygens (including phenoxy) is 2. The Morgan fingerprint density at radius 1 is 0.621 bits per heavy atom. The zero-order chi connectivity index (χ0) is 21.8. The molecule has 5 heteroatoms. The van der Waals surface area contributed by atoms with Crippen molar-refractivity contribution < 1.29 is 19.1 Å². The van der Waals surface area contributed by atoms with E-state index in [1.165, 1.54) is 38.5 Å². The minimum absolute atomic E-state index is 0.376. The van der Waals surface area contributed by atoms with Crippen LogP contribution in [0.2, 0.25) is 0 Å². The Morgan fingerprint density at radius 2 is 1.00 bits per heavy atom. The van der Waals surface area contributed by atoms with Gasteiger partial charge in [0.05, 0.1) is 13.2 Å². The van der Waals surface area contributed by atoms with E-state index in [1.54, 1.807) is 0 Å². The molecule has 0 N–H and O–H groups in total. The standard InChI is InChI=1S/C24H45ClO4/c1-4-7-8-9-11-14-17-20-28-22(26)24(5-2,6-3)23(27)29-21-18-15-12-10-13-16-19-25/h4-21H2,1-3H3. The number of hydrogen-bond acceptors (Lipinski definition) is 4. The Kier molecular flexibility index (Phi) is 18.7. The van der Waals surface area contributed by atoms with Crippen molar-refractivity contribution in [1.82, 2.24) is 0 Å². The molecular formula is C24H45ClO4. The van der Waals surface area contributed by atoms with Gasteiger partial charge in [0.25, 0.3) is 0 Å². The monoisotopic (exact) mass is 432 g/mol. The number of unbranched alkanes of at least 4 members (excludes halogenated alkanes) is 11. The van der Waals surface area contributed by atoms with E-state index in [9.17, 15) is 9.59 Å². The first-order valence-electron chi connectivity index (χ1n) is 12.0. The molecule has 0 aromatic heterocycles. The van der Waals surface area contributed by atoms with Crippen LogP contribution in [-0.2, 0) is 19.1 Å². The molecule has 0 spiro atoms. The van der Waals surface area contributed by atoms with Crippen LogP contribution < -0.4 is 0 Å². The molecule has 0 heterocycles. The normalized spacial score (nSPS) is 11.4. The number of halogens is 1. The van der Waals surface area contributed by atoms with Gasteiger partial charge in [-0.1, -0.05) is 85.0 Å². The molecule has 0 aliphatic heterocycles. The second-order valence-corrected chi connectivity index (χ2v) is 8.37. The minimum atomic E-state index is -1.15. The lowest BCUT2D eigenvalue weighted by Gasteiger charge is -2.27. The molecule has 0 aromatic carbocycles. The van der Waals surface area contributed by atoms with E-state index >= 15 is 0 Å². The van der Waals surface area contributed by atoms with Gasteiger partial charge in [-0.3, -0.25) is 9.59 Å². The molecule has 0 amide bonds. The van der Waals surface area contributed by atoms with Crippen molar-refractivity contribution in [2.75, 3.05) is 19.1 Å². The molecule has 29 heavy (non-hydrogen) atoms. The average Bonchev–Trinajstić information content (AvgIpc) is 2.73. The van der Waals surface area contributed by atoms with E-state index in [-0.39, 0.29) is 0 Å². The van der Waals surface area contributed by atoms with Crippen LogP contribution in [0.3, 0.4) is 0 Å². The van der Waals surface area contributed by atoms with Crippen LogP contribution in [0.1, 0.15) is 117 Å². The summed E-state index contributed by atoms with van der Waals surface area (Å²) in [7, 11) is 0. The van der Waals surface area contributed by atoms with Crippen LogP contribution in [0.5, 0.6) is 0 Å². The van der Waals surface area contributed by atoms with Crippen molar-refractivity contribution >= 4 is 23.5 Å². The van der Waals surface area contributed by atoms with Gasteiger partial charge in [0.1, 0.15) is 0 Å². The molecule has 0 bridgehead atoms. The predicted molar refractivity (Wildman–Crippen MR) is 121 cm³/mol. The van der Waals surface area contributed by atoms with Crippen molar-refractivity contribution in [2.45, 2.75) is 117 Å². The van der Waals surface area contributed by atoms with E-state index in [1.807, 2.05) is 13.8 Å². The van der Waals surface area contributed by atoms with Crippen LogP contribution in [0.15, 0.2) is 0 Å². The summed E-state index contributed by atoms with van der Waals surface area (Å²) in [5, 5.41) is 0. The summed E-state index contributed by atoms with van der Waals surface area (Å²) in [5.41, 5.74) is -1.15. The SMILES string of the molecule is CCCCCCCCCOC(=O)C(CC)(CC)C(=O)OCCCCCCCCCl. The molecule has 0 atom stereocenters. The fourth-order valence-electron chi connectivity index (χ4n) is 3.48. The number of rotatable bonds is 20. The van der Waals surface area contributed by atoms with Crippen molar-refractivity contribution in [3.63, 3.8) is 0 Å². The van der Waals surface area contributed by atoms with Crippen molar-refractivity contribution in [1.29, 1.82) is 0 Å². The lowest BCUT2D eigenvalue weighted by molar-refractivity contribution is -0.173. The quantitative estimate of drug-likeness (QED) is 0.0882. The third-order valence-corrected chi connectivity index (χ3v) is 6.00. The topological polar surface area (TPSA) is 52.6 Å².